The van der Waals surface area contributed by atoms with Gasteiger partial charge in [-0.3, -0.25) is 18.6 Å². The van der Waals surface area contributed by atoms with Crippen LogP contribution in [0.15, 0.2) is 85.1 Å². The molecule has 506 valence electrons. The molecule has 87 heavy (non-hydrogen) atoms. The van der Waals surface area contributed by atoms with Gasteiger partial charge in [-0.05, 0) is 102 Å². The first-order chi connectivity index (χ1) is 42.4. The van der Waals surface area contributed by atoms with Crippen molar-refractivity contribution in [1.82, 2.24) is 5.32 Å². The van der Waals surface area contributed by atoms with Crippen molar-refractivity contribution in [3.05, 3.63) is 85.1 Å². The predicted molar refractivity (Wildman–Crippen MR) is 378 cm³/mol. The van der Waals surface area contributed by atoms with E-state index in [1.54, 1.807) is 0 Å². The number of rotatable bonds is 67. The quantitative estimate of drug-likeness (QED) is 0.0205. The molecule has 0 aromatic heterocycles. The minimum atomic E-state index is -4.46. The molecule has 0 saturated heterocycles. The molecule has 2 N–H and O–H groups in total. The lowest BCUT2D eigenvalue weighted by molar-refractivity contribution is -0.870. The highest BCUT2D eigenvalue weighted by Gasteiger charge is 2.30. The second-order valence-corrected chi connectivity index (χ2v) is 27.5. The number of nitrogens with zero attached hydrogens (tertiary/aromatic N) is 1. The Kier molecular flexibility index (Phi) is 64.0. The molecular formula is C77H142N2O7P+. The van der Waals surface area contributed by atoms with Gasteiger partial charge in [0.1, 0.15) is 19.3 Å². The van der Waals surface area contributed by atoms with Crippen molar-refractivity contribution in [2.45, 2.75) is 354 Å². The maximum atomic E-state index is 13.6. The standard InChI is InChI=1S/C77H141N2O7P/c1-7-10-13-16-19-22-25-27-29-31-33-35-37-38-39-40-42-43-45-47-49-51-54-57-60-63-66-69-76(80)78-74(73-85-87(82,83)84-72-71-79(4,5)6)75(68-65-62-59-56-53-24-21-18-15-12-9-3)86-77(81)70-67-64-61-58-55-52-50-48-46-44-41-36-34-32-30-28-26-23-20-17-14-11-8-2/h11,14,20,23,27-30,34,36,44,46,65,68,74-75H,7-10,12-13,15-19,21-22,24-26,31-33,35,37-43,45,47-64,66-67,69-73H2,1-6H3,(H-,78,80,82,83)/p+1/b14-11-,23-20-,29-27+,30-28-,36-34-,46-44-,68-65-. The first kappa shape index (κ1) is 84.2. The summed E-state index contributed by atoms with van der Waals surface area (Å²) >= 11 is 0. The van der Waals surface area contributed by atoms with Gasteiger partial charge in [-0.1, -0.05) is 312 Å². The van der Waals surface area contributed by atoms with Crippen LogP contribution in [0.25, 0.3) is 0 Å². The van der Waals surface area contributed by atoms with Gasteiger partial charge in [0.05, 0.1) is 33.8 Å². The molecule has 3 atom stereocenters. The number of unbranched alkanes of at least 4 members (excludes halogenated alkanes) is 39. The lowest BCUT2D eigenvalue weighted by Crippen LogP contribution is -2.47. The zero-order valence-electron chi connectivity index (χ0n) is 58.0. The zero-order valence-corrected chi connectivity index (χ0v) is 58.9. The zero-order chi connectivity index (χ0) is 63.5. The summed E-state index contributed by atoms with van der Waals surface area (Å²) < 4.78 is 30.8. The molecule has 0 saturated carbocycles. The van der Waals surface area contributed by atoms with E-state index in [0.717, 1.165) is 103 Å². The molecule has 0 aromatic rings. The van der Waals surface area contributed by atoms with Gasteiger partial charge in [0.15, 0.2) is 0 Å². The normalized spacial score (nSPS) is 14.0. The van der Waals surface area contributed by atoms with Gasteiger partial charge in [-0.15, -0.1) is 0 Å². The Morgan fingerprint density at radius 1 is 0.414 bits per heavy atom. The van der Waals surface area contributed by atoms with Gasteiger partial charge < -0.3 is 19.4 Å². The van der Waals surface area contributed by atoms with Crippen LogP contribution in [-0.4, -0.2) is 74.3 Å². The summed E-state index contributed by atoms with van der Waals surface area (Å²) in [5, 5.41) is 3.07. The van der Waals surface area contributed by atoms with Crippen LogP contribution in [0.4, 0.5) is 0 Å². The monoisotopic (exact) mass is 1240 g/mol. The maximum absolute atomic E-state index is 13.6. The van der Waals surface area contributed by atoms with Crippen LogP contribution in [0.1, 0.15) is 342 Å². The molecular weight excluding hydrogens is 1100 g/mol. The van der Waals surface area contributed by atoms with Crippen LogP contribution < -0.4 is 5.32 Å². The molecule has 0 fully saturated rings. The van der Waals surface area contributed by atoms with E-state index in [4.69, 9.17) is 13.8 Å². The third-order valence-corrected chi connectivity index (χ3v) is 17.3. The number of ether oxygens (including phenoxy) is 1. The molecule has 1 amide bonds. The summed E-state index contributed by atoms with van der Waals surface area (Å²) in [6, 6.07) is -0.857. The fraction of sp³-hybridized carbons (Fsp3) is 0.792. The third-order valence-electron chi connectivity index (χ3n) is 16.3. The van der Waals surface area contributed by atoms with Crippen molar-refractivity contribution in [1.29, 1.82) is 0 Å². The average molecular weight is 1240 g/mol. The maximum Gasteiger partial charge on any atom is 0.472 e. The first-order valence-electron chi connectivity index (χ1n) is 36.9. The van der Waals surface area contributed by atoms with E-state index in [1.165, 1.54) is 205 Å². The highest BCUT2D eigenvalue weighted by Crippen LogP contribution is 2.43. The smallest absolute Gasteiger partial charge is 0.456 e. The number of quaternary nitrogens is 1. The van der Waals surface area contributed by atoms with Crippen LogP contribution in [-0.2, 0) is 27.9 Å². The van der Waals surface area contributed by atoms with E-state index in [1.807, 2.05) is 33.3 Å². The van der Waals surface area contributed by atoms with E-state index in [2.05, 4.69) is 99.0 Å². The van der Waals surface area contributed by atoms with Crippen molar-refractivity contribution in [2.24, 2.45) is 0 Å². The Morgan fingerprint density at radius 3 is 1.11 bits per heavy atom. The van der Waals surface area contributed by atoms with Gasteiger partial charge in [-0.25, -0.2) is 4.57 Å². The fourth-order valence-corrected chi connectivity index (χ4v) is 11.4. The number of likely N-dealkylation sites (N-methyl/N-ethyl adjacent to an activating group) is 1. The Balaban J connectivity index is 4.97. The molecule has 3 unspecified atom stereocenters. The number of esters is 1. The van der Waals surface area contributed by atoms with Crippen LogP contribution >= 0.6 is 7.82 Å². The number of allylic oxidation sites excluding steroid dienone is 13. The molecule has 0 aromatic carbocycles. The van der Waals surface area contributed by atoms with Gasteiger partial charge >= 0.3 is 13.8 Å². The largest absolute Gasteiger partial charge is 0.472 e. The van der Waals surface area contributed by atoms with E-state index < -0.39 is 20.0 Å². The molecule has 9 nitrogen and oxygen atoms in total. The number of carbonyl (C=O) groups excluding carboxylic acids is 2. The van der Waals surface area contributed by atoms with Crippen LogP contribution in [0.2, 0.25) is 0 Å². The Labute approximate surface area is 539 Å². The van der Waals surface area contributed by atoms with Gasteiger partial charge in [0.2, 0.25) is 5.91 Å². The summed E-state index contributed by atoms with van der Waals surface area (Å²) in [4.78, 5) is 37.9. The summed E-state index contributed by atoms with van der Waals surface area (Å²) in [7, 11) is 1.49. The van der Waals surface area contributed by atoms with E-state index in [-0.39, 0.29) is 31.5 Å². The number of hydrogen-bond donors (Lipinski definition) is 2. The van der Waals surface area contributed by atoms with Gasteiger partial charge in [0, 0.05) is 12.8 Å². The lowest BCUT2D eigenvalue weighted by atomic mass is 10.0. The highest BCUT2D eigenvalue weighted by atomic mass is 31.2. The second-order valence-electron chi connectivity index (χ2n) is 26.1. The first-order valence-corrected chi connectivity index (χ1v) is 38.4. The van der Waals surface area contributed by atoms with E-state index in [0.29, 0.717) is 17.4 Å². The Bertz CT molecular complexity index is 1760. The van der Waals surface area contributed by atoms with Crippen LogP contribution in [0, 0.1) is 0 Å². The number of phosphoric acid groups is 1. The Hall–Kier alpha value is -2.81. The number of amides is 1. The third kappa shape index (κ3) is 67.4. The minimum Gasteiger partial charge on any atom is -0.456 e. The van der Waals surface area contributed by atoms with E-state index in [9.17, 15) is 19.0 Å². The number of carbonyl (C=O) groups is 2. The topological polar surface area (TPSA) is 111 Å². The predicted octanol–water partition coefficient (Wildman–Crippen LogP) is 23.7. The summed E-state index contributed by atoms with van der Waals surface area (Å²) in [5.74, 6) is -0.509. The lowest BCUT2D eigenvalue weighted by Gasteiger charge is -2.27. The minimum absolute atomic E-state index is 0.0366. The van der Waals surface area contributed by atoms with Gasteiger partial charge in [0.25, 0.3) is 0 Å². The van der Waals surface area contributed by atoms with Crippen molar-refractivity contribution in [2.75, 3.05) is 40.9 Å². The van der Waals surface area contributed by atoms with Crippen LogP contribution in [0.3, 0.4) is 0 Å². The number of phosphoric ester groups is 1. The molecule has 0 aliphatic heterocycles. The summed E-state index contributed by atoms with van der Waals surface area (Å²) in [6.07, 6.45) is 88.9. The molecule has 10 heteroatoms. The van der Waals surface area contributed by atoms with Crippen molar-refractivity contribution >= 4 is 19.7 Å². The molecule has 0 rings (SSSR count). The van der Waals surface area contributed by atoms with Crippen molar-refractivity contribution in [3.63, 3.8) is 0 Å². The molecule has 0 heterocycles. The second kappa shape index (κ2) is 66.1. The highest BCUT2D eigenvalue weighted by molar-refractivity contribution is 7.47. The van der Waals surface area contributed by atoms with Crippen molar-refractivity contribution in [3.8, 4) is 0 Å². The average Bonchev–Trinajstić information content (AvgIpc) is 3.70. The summed E-state index contributed by atoms with van der Waals surface area (Å²) in [6.45, 7) is 6.92. The molecule has 0 bridgehead atoms. The molecule has 0 radical (unpaired) electrons. The molecule has 0 aliphatic carbocycles. The number of hydrogen-bond acceptors (Lipinski definition) is 6. The SMILES string of the molecule is CC/C=C\C/C=C\C/C=C\C/C=C\C/C=C\CCCCCCCCCC(=O)OC(/C=C\CCCCCCCCCCC)C(COP(=O)(O)OCC[N+](C)(C)C)NC(=O)CCCCCCCCCCCCCCCCCCC/C=C/CCCCCCCC. The Morgan fingerprint density at radius 2 is 0.736 bits per heavy atom. The molecule has 0 aliphatic rings. The van der Waals surface area contributed by atoms with Gasteiger partial charge in [-0.2, -0.15) is 0 Å². The van der Waals surface area contributed by atoms with Crippen LogP contribution in [0.5, 0.6) is 0 Å². The molecule has 0 spiro atoms. The van der Waals surface area contributed by atoms with E-state index >= 15 is 0 Å². The fourth-order valence-electron chi connectivity index (χ4n) is 10.7. The summed E-state index contributed by atoms with van der Waals surface area (Å²) in [5.41, 5.74) is 0. The number of nitrogens with one attached hydrogen (secondary N) is 1. The van der Waals surface area contributed by atoms with Crippen molar-refractivity contribution < 1.29 is 37.3 Å².